The van der Waals surface area contributed by atoms with E-state index in [0.717, 1.165) is 24.0 Å². The molecule has 1 saturated heterocycles. The van der Waals surface area contributed by atoms with Crippen molar-refractivity contribution in [3.63, 3.8) is 0 Å². The van der Waals surface area contributed by atoms with Gasteiger partial charge < -0.3 is 10.2 Å². The molecule has 2 aromatic rings. The number of hydrogen-bond acceptors (Lipinski definition) is 4. The number of nitrogens with zero attached hydrogens (tertiary/aromatic N) is 3. The summed E-state index contributed by atoms with van der Waals surface area (Å²) in [6.07, 6.45) is 3.39. The van der Waals surface area contributed by atoms with Crippen LogP contribution in [0.15, 0.2) is 11.6 Å². The summed E-state index contributed by atoms with van der Waals surface area (Å²) in [4.78, 5) is 8.39. The molecule has 2 atom stereocenters. The third kappa shape index (κ3) is 1.82. The molecule has 4 nitrogen and oxygen atoms in total. The van der Waals surface area contributed by atoms with Crippen LogP contribution in [0.5, 0.6) is 0 Å². The van der Waals surface area contributed by atoms with Crippen LogP contribution in [0.1, 0.15) is 26.0 Å². The average Bonchev–Trinajstić information content (AvgIpc) is 2.96. The summed E-state index contributed by atoms with van der Waals surface area (Å²) < 4.78 is 2.21. The molecule has 1 fully saturated rings. The first-order valence-corrected chi connectivity index (χ1v) is 7.44. The first-order valence-electron chi connectivity index (χ1n) is 6.56. The fourth-order valence-electron chi connectivity index (χ4n) is 2.98. The standard InChI is InChI=1S/C13H20N4S/c1-9-6-10(2)17(8-9)12-11(7-14-3)16-4-5-18-13(16)15-12/h4-5,9-10,14H,6-8H2,1-3H3. The molecule has 0 bridgehead atoms. The molecule has 0 aliphatic carbocycles. The molecule has 5 heteroatoms. The van der Waals surface area contributed by atoms with Gasteiger partial charge in [-0.1, -0.05) is 6.92 Å². The van der Waals surface area contributed by atoms with Gasteiger partial charge in [-0.3, -0.25) is 4.40 Å². The van der Waals surface area contributed by atoms with Crippen molar-refractivity contribution in [3.8, 4) is 0 Å². The number of thiazole rings is 1. The summed E-state index contributed by atoms with van der Waals surface area (Å²) in [7, 11) is 1.99. The van der Waals surface area contributed by atoms with Gasteiger partial charge in [0.15, 0.2) is 10.8 Å². The molecule has 0 aromatic carbocycles. The predicted molar refractivity (Wildman–Crippen MR) is 76.4 cm³/mol. The SMILES string of the molecule is CNCc1c(N2CC(C)CC2C)nc2sccn12. The van der Waals surface area contributed by atoms with Crippen molar-refractivity contribution in [1.29, 1.82) is 0 Å². The van der Waals surface area contributed by atoms with E-state index < -0.39 is 0 Å². The zero-order valence-corrected chi connectivity index (χ0v) is 12.0. The summed E-state index contributed by atoms with van der Waals surface area (Å²) in [5.41, 5.74) is 1.29. The fourth-order valence-corrected chi connectivity index (χ4v) is 3.71. The summed E-state index contributed by atoms with van der Waals surface area (Å²) in [6.45, 7) is 6.63. The van der Waals surface area contributed by atoms with Crippen LogP contribution in [0.3, 0.4) is 0 Å². The van der Waals surface area contributed by atoms with E-state index in [1.54, 1.807) is 11.3 Å². The molecule has 18 heavy (non-hydrogen) atoms. The summed E-state index contributed by atoms with van der Waals surface area (Å²) in [6, 6.07) is 0.597. The second-order valence-electron chi connectivity index (χ2n) is 5.31. The highest BCUT2D eigenvalue weighted by molar-refractivity contribution is 7.15. The van der Waals surface area contributed by atoms with Crippen molar-refractivity contribution in [3.05, 3.63) is 17.3 Å². The zero-order valence-electron chi connectivity index (χ0n) is 11.2. The molecule has 0 spiro atoms. The van der Waals surface area contributed by atoms with Gasteiger partial charge in [0.1, 0.15) is 0 Å². The van der Waals surface area contributed by atoms with E-state index in [2.05, 4.69) is 40.0 Å². The highest BCUT2D eigenvalue weighted by atomic mass is 32.1. The molecule has 0 amide bonds. The molecule has 0 saturated carbocycles. The van der Waals surface area contributed by atoms with Crippen molar-refractivity contribution >= 4 is 22.1 Å². The van der Waals surface area contributed by atoms with Gasteiger partial charge in [0.05, 0.1) is 5.69 Å². The number of aromatic nitrogens is 2. The number of hydrogen-bond donors (Lipinski definition) is 1. The van der Waals surface area contributed by atoms with Crippen molar-refractivity contribution in [2.75, 3.05) is 18.5 Å². The quantitative estimate of drug-likeness (QED) is 0.923. The molecule has 3 rings (SSSR count). The van der Waals surface area contributed by atoms with Gasteiger partial charge in [0, 0.05) is 30.7 Å². The molecule has 2 aromatic heterocycles. The van der Waals surface area contributed by atoms with Gasteiger partial charge in [0.2, 0.25) is 0 Å². The van der Waals surface area contributed by atoms with Crippen molar-refractivity contribution in [1.82, 2.24) is 14.7 Å². The van der Waals surface area contributed by atoms with Crippen LogP contribution in [-0.2, 0) is 6.54 Å². The van der Waals surface area contributed by atoms with Crippen LogP contribution in [0.2, 0.25) is 0 Å². The fraction of sp³-hybridized carbons (Fsp3) is 0.615. The Balaban J connectivity index is 2.04. The lowest BCUT2D eigenvalue weighted by atomic mass is 10.1. The van der Waals surface area contributed by atoms with E-state index in [4.69, 9.17) is 4.98 Å². The lowest BCUT2D eigenvalue weighted by Crippen LogP contribution is -2.28. The molecule has 1 aliphatic rings. The van der Waals surface area contributed by atoms with E-state index in [0.29, 0.717) is 6.04 Å². The van der Waals surface area contributed by atoms with Gasteiger partial charge >= 0.3 is 0 Å². The Bertz CT molecular complexity index is 544. The predicted octanol–water partition coefficient (Wildman–Crippen LogP) is 2.35. The van der Waals surface area contributed by atoms with Gasteiger partial charge in [-0.05, 0) is 26.3 Å². The minimum Gasteiger partial charge on any atom is -0.352 e. The third-order valence-electron chi connectivity index (χ3n) is 3.74. The summed E-state index contributed by atoms with van der Waals surface area (Å²) >= 11 is 1.71. The second-order valence-corrected chi connectivity index (χ2v) is 6.18. The third-order valence-corrected chi connectivity index (χ3v) is 4.50. The highest BCUT2D eigenvalue weighted by Gasteiger charge is 2.30. The Hall–Kier alpha value is -1.07. The van der Waals surface area contributed by atoms with Crippen molar-refractivity contribution < 1.29 is 0 Å². The van der Waals surface area contributed by atoms with Crippen molar-refractivity contribution in [2.24, 2.45) is 5.92 Å². The van der Waals surface area contributed by atoms with Crippen LogP contribution in [0.25, 0.3) is 4.96 Å². The first kappa shape index (κ1) is 12.0. The molecular formula is C13H20N4S. The maximum Gasteiger partial charge on any atom is 0.195 e. The summed E-state index contributed by atoms with van der Waals surface area (Å²) in [5.74, 6) is 1.94. The smallest absolute Gasteiger partial charge is 0.195 e. The van der Waals surface area contributed by atoms with Crippen LogP contribution >= 0.6 is 11.3 Å². The number of fused-ring (bicyclic) bond motifs is 1. The van der Waals surface area contributed by atoms with E-state index in [1.165, 1.54) is 17.9 Å². The van der Waals surface area contributed by atoms with Gasteiger partial charge in [0.25, 0.3) is 0 Å². The number of rotatable bonds is 3. The lowest BCUT2D eigenvalue weighted by Gasteiger charge is -2.22. The molecule has 1 aliphatic heterocycles. The Morgan fingerprint density at radius 3 is 3.00 bits per heavy atom. The van der Waals surface area contributed by atoms with Gasteiger partial charge in [-0.25, -0.2) is 4.98 Å². The molecule has 98 valence electrons. The van der Waals surface area contributed by atoms with Crippen LogP contribution in [0.4, 0.5) is 5.82 Å². The highest BCUT2D eigenvalue weighted by Crippen LogP contribution is 2.32. The maximum atomic E-state index is 4.83. The number of anilines is 1. The lowest BCUT2D eigenvalue weighted by molar-refractivity contribution is 0.625. The van der Waals surface area contributed by atoms with E-state index >= 15 is 0 Å². The Labute approximate surface area is 112 Å². The Kier molecular flexibility index (Phi) is 3.03. The number of imidazole rings is 1. The minimum atomic E-state index is 0.597. The van der Waals surface area contributed by atoms with E-state index in [9.17, 15) is 0 Å². The molecular weight excluding hydrogens is 244 g/mol. The molecule has 1 N–H and O–H groups in total. The zero-order chi connectivity index (χ0) is 12.7. The minimum absolute atomic E-state index is 0.597. The number of nitrogens with one attached hydrogen (secondary N) is 1. The Morgan fingerprint density at radius 2 is 2.33 bits per heavy atom. The van der Waals surface area contributed by atoms with E-state index in [-0.39, 0.29) is 0 Å². The van der Waals surface area contributed by atoms with Gasteiger partial charge in [-0.15, -0.1) is 11.3 Å². The Morgan fingerprint density at radius 1 is 1.50 bits per heavy atom. The maximum absolute atomic E-state index is 4.83. The average molecular weight is 264 g/mol. The molecule has 0 radical (unpaired) electrons. The topological polar surface area (TPSA) is 32.6 Å². The summed E-state index contributed by atoms with van der Waals surface area (Å²) in [5, 5.41) is 5.36. The normalized spacial score (nSPS) is 24.3. The van der Waals surface area contributed by atoms with Crippen LogP contribution in [-0.4, -0.2) is 29.0 Å². The van der Waals surface area contributed by atoms with Crippen LogP contribution < -0.4 is 10.2 Å². The molecule has 2 unspecified atom stereocenters. The molecule has 3 heterocycles. The van der Waals surface area contributed by atoms with Gasteiger partial charge in [-0.2, -0.15) is 0 Å². The van der Waals surface area contributed by atoms with Crippen LogP contribution in [0, 0.1) is 5.92 Å². The first-order chi connectivity index (χ1) is 8.70. The second kappa shape index (κ2) is 4.55. The largest absolute Gasteiger partial charge is 0.352 e. The van der Waals surface area contributed by atoms with Crippen molar-refractivity contribution in [2.45, 2.75) is 32.9 Å². The monoisotopic (exact) mass is 264 g/mol. The van der Waals surface area contributed by atoms with E-state index in [1.807, 2.05) is 7.05 Å².